The van der Waals surface area contributed by atoms with Gasteiger partial charge in [-0.15, -0.1) is 0 Å². The molecule has 0 aliphatic rings. The number of hydrogen-bond donors (Lipinski definition) is 2. The largest absolute Gasteiger partial charge is 0.281 e. The monoisotopic (exact) mass is 279 g/mol. The maximum atomic E-state index is 12.4. The summed E-state index contributed by atoms with van der Waals surface area (Å²) in [6, 6.07) is 5.58. The van der Waals surface area contributed by atoms with Crippen LogP contribution in [0.1, 0.15) is 22.5 Å². The van der Waals surface area contributed by atoms with Crippen LogP contribution in [0, 0.1) is 27.7 Å². The van der Waals surface area contributed by atoms with Gasteiger partial charge in [-0.05, 0) is 39.3 Å². The molecule has 0 spiro atoms. The van der Waals surface area contributed by atoms with Crippen LogP contribution in [0.3, 0.4) is 0 Å². The number of sulfonamides is 1. The second-order valence-electron chi connectivity index (χ2n) is 4.69. The summed E-state index contributed by atoms with van der Waals surface area (Å²) < 4.78 is 27.4. The molecule has 1 aromatic heterocycles. The van der Waals surface area contributed by atoms with Crippen molar-refractivity contribution in [2.75, 3.05) is 4.72 Å². The summed E-state index contributed by atoms with van der Waals surface area (Å²) in [5, 5.41) is 6.60. The Balaban J connectivity index is 2.42. The van der Waals surface area contributed by atoms with Crippen molar-refractivity contribution in [3.8, 4) is 0 Å². The quantitative estimate of drug-likeness (QED) is 0.906. The van der Waals surface area contributed by atoms with Crippen LogP contribution < -0.4 is 4.72 Å². The molecule has 2 N–H and O–H groups in total. The minimum absolute atomic E-state index is 0.215. The first-order valence-electron chi connectivity index (χ1n) is 5.93. The third-order valence-corrected chi connectivity index (χ3v) is 4.58. The summed E-state index contributed by atoms with van der Waals surface area (Å²) in [7, 11) is -3.61. The zero-order chi connectivity index (χ0) is 14.2. The molecule has 0 atom stereocenters. The average Bonchev–Trinajstić information content (AvgIpc) is 2.63. The van der Waals surface area contributed by atoms with Crippen LogP contribution in [0.2, 0.25) is 0 Å². The fraction of sp³-hybridized carbons (Fsp3) is 0.308. The summed E-state index contributed by atoms with van der Waals surface area (Å²) >= 11 is 0. The molecule has 102 valence electrons. The normalized spacial score (nSPS) is 11.6. The highest BCUT2D eigenvalue weighted by Gasteiger charge is 2.22. The van der Waals surface area contributed by atoms with Gasteiger partial charge in [0.15, 0.2) is 0 Å². The standard InChI is InChI=1S/C13H17N3O2S/c1-8-5-6-12(9(2)7-8)16-19(17,18)13-10(3)14-15-11(13)4/h5-7,16H,1-4H3,(H,14,15). The van der Waals surface area contributed by atoms with Crippen LogP contribution in [-0.2, 0) is 10.0 Å². The van der Waals surface area contributed by atoms with Gasteiger partial charge in [-0.3, -0.25) is 9.82 Å². The van der Waals surface area contributed by atoms with Gasteiger partial charge in [0.25, 0.3) is 10.0 Å². The molecule has 2 rings (SSSR count). The zero-order valence-corrected chi connectivity index (χ0v) is 12.2. The van der Waals surface area contributed by atoms with E-state index >= 15 is 0 Å². The summed E-state index contributed by atoms with van der Waals surface area (Å²) in [6.07, 6.45) is 0. The van der Waals surface area contributed by atoms with Gasteiger partial charge < -0.3 is 0 Å². The van der Waals surface area contributed by atoms with E-state index in [1.165, 1.54) is 0 Å². The maximum Gasteiger partial charge on any atom is 0.265 e. The number of hydrogen-bond acceptors (Lipinski definition) is 3. The van der Waals surface area contributed by atoms with Crippen molar-refractivity contribution >= 4 is 15.7 Å². The van der Waals surface area contributed by atoms with Gasteiger partial charge in [0.1, 0.15) is 4.90 Å². The smallest absolute Gasteiger partial charge is 0.265 e. The van der Waals surface area contributed by atoms with Crippen LogP contribution in [0.25, 0.3) is 0 Å². The molecular formula is C13H17N3O2S. The first kappa shape index (κ1) is 13.6. The van der Waals surface area contributed by atoms with E-state index in [-0.39, 0.29) is 4.90 Å². The fourth-order valence-electron chi connectivity index (χ4n) is 2.06. The number of H-pyrrole nitrogens is 1. The van der Waals surface area contributed by atoms with Crippen LogP contribution in [0.15, 0.2) is 23.1 Å². The SMILES string of the molecule is Cc1ccc(NS(=O)(=O)c2c(C)n[nH]c2C)c(C)c1. The number of aromatic nitrogens is 2. The highest BCUT2D eigenvalue weighted by Crippen LogP contribution is 2.23. The molecule has 0 saturated heterocycles. The molecule has 0 radical (unpaired) electrons. The van der Waals surface area contributed by atoms with Gasteiger partial charge in [-0.25, -0.2) is 8.42 Å². The predicted molar refractivity (Wildman–Crippen MR) is 74.8 cm³/mol. The number of anilines is 1. The molecule has 0 amide bonds. The number of benzene rings is 1. The predicted octanol–water partition coefficient (Wildman–Crippen LogP) is 2.44. The Labute approximate surface area is 113 Å². The lowest BCUT2D eigenvalue weighted by molar-refractivity contribution is 0.600. The van der Waals surface area contributed by atoms with E-state index in [1.54, 1.807) is 19.9 Å². The van der Waals surface area contributed by atoms with Gasteiger partial charge in [0.05, 0.1) is 17.1 Å². The molecule has 0 bridgehead atoms. The second-order valence-corrected chi connectivity index (χ2v) is 6.31. The van der Waals surface area contributed by atoms with Gasteiger partial charge >= 0.3 is 0 Å². The Morgan fingerprint density at radius 1 is 1.16 bits per heavy atom. The first-order valence-corrected chi connectivity index (χ1v) is 7.41. The van der Waals surface area contributed by atoms with Crippen molar-refractivity contribution in [3.05, 3.63) is 40.7 Å². The highest BCUT2D eigenvalue weighted by atomic mass is 32.2. The lowest BCUT2D eigenvalue weighted by Crippen LogP contribution is -2.15. The van der Waals surface area contributed by atoms with Gasteiger partial charge in [-0.1, -0.05) is 17.7 Å². The number of rotatable bonds is 3. The Hall–Kier alpha value is -1.82. The van der Waals surface area contributed by atoms with Crippen LogP contribution >= 0.6 is 0 Å². The molecule has 2 aromatic rings. The Morgan fingerprint density at radius 2 is 1.84 bits per heavy atom. The lowest BCUT2D eigenvalue weighted by atomic mass is 10.1. The summed E-state index contributed by atoms with van der Waals surface area (Å²) in [4.78, 5) is 0.215. The van der Waals surface area contributed by atoms with E-state index in [1.807, 2.05) is 26.0 Å². The molecule has 6 heteroatoms. The van der Waals surface area contributed by atoms with Crippen molar-refractivity contribution < 1.29 is 8.42 Å². The minimum atomic E-state index is -3.61. The lowest BCUT2D eigenvalue weighted by Gasteiger charge is -2.11. The van der Waals surface area contributed by atoms with E-state index in [4.69, 9.17) is 0 Å². The van der Waals surface area contributed by atoms with Gasteiger partial charge in [0, 0.05) is 0 Å². The van der Waals surface area contributed by atoms with Crippen molar-refractivity contribution in [2.24, 2.45) is 0 Å². The Kier molecular flexibility index (Phi) is 3.36. The van der Waals surface area contributed by atoms with Crippen molar-refractivity contribution in [2.45, 2.75) is 32.6 Å². The molecule has 0 aliphatic carbocycles. The highest BCUT2D eigenvalue weighted by molar-refractivity contribution is 7.92. The minimum Gasteiger partial charge on any atom is -0.281 e. The molecule has 0 fully saturated rings. The van der Waals surface area contributed by atoms with Crippen molar-refractivity contribution in [1.82, 2.24) is 10.2 Å². The van der Waals surface area contributed by atoms with E-state index < -0.39 is 10.0 Å². The molecule has 0 unspecified atom stereocenters. The van der Waals surface area contributed by atoms with E-state index in [0.29, 0.717) is 17.1 Å². The Morgan fingerprint density at radius 3 is 2.37 bits per heavy atom. The molecule has 19 heavy (non-hydrogen) atoms. The second kappa shape index (κ2) is 4.70. The van der Waals surface area contributed by atoms with E-state index in [0.717, 1.165) is 11.1 Å². The molecular weight excluding hydrogens is 262 g/mol. The van der Waals surface area contributed by atoms with Crippen molar-refractivity contribution in [1.29, 1.82) is 0 Å². The Bertz CT molecular complexity index is 698. The molecule has 1 heterocycles. The molecule has 0 aliphatic heterocycles. The number of nitrogens with one attached hydrogen (secondary N) is 2. The van der Waals surface area contributed by atoms with Gasteiger partial charge in [0.2, 0.25) is 0 Å². The van der Waals surface area contributed by atoms with Gasteiger partial charge in [-0.2, -0.15) is 5.10 Å². The number of nitrogens with zero attached hydrogens (tertiary/aromatic N) is 1. The number of aryl methyl sites for hydroxylation is 4. The topological polar surface area (TPSA) is 74.8 Å². The fourth-order valence-corrected chi connectivity index (χ4v) is 3.56. The number of aromatic amines is 1. The van der Waals surface area contributed by atoms with Crippen LogP contribution in [-0.4, -0.2) is 18.6 Å². The first-order chi connectivity index (χ1) is 8.81. The molecule has 0 saturated carbocycles. The summed E-state index contributed by atoms with van der Waals surface area (Å²) in [5.41, 5.74) is 3.58. The van der Waals surface area contributed by atoms with E-state index in [2.05, 4.69) is 14.9 Å². The van der Waals surface area contributed by atoms with Crippen LogP contribution in [0.4, 0.5) is 5.69 Å². The zero-order valence-electron chi connectivity index (χ0n) is 11.4. The van der Waals surface area contributed by atoms with Crippen LogP contribution in [0.5, 0.6) is 0 Å². The summed E-state index contributed by atoms with van der Waals surface area (Å²) in [5.74, 6) is 0. The van der Waals surface area contributed by atoms with E-state index in [9.17, 15) is 8.42 Å². The average molecular weight is 279 g/mol. The molecule has 1 aromatic carbocycles. The summed E-state index contributed by atoms with van der Waals surface area (Å²) in [6.45, 7) is 7.20. The third-order valence-electron chi connectivity index (χ3n) is 2.96. The van der Waals surface area contributed by atoms with Crippen molar-refractivity contribution in [3.63, 3.8) is 0 Å². The third kappa shape index (κ3) is 2.63. The molecule has 5 nitrogen and oxygen atoms in total. The maximum absolute atomic E-state index is 12.4.